The Bertz CT molecular complexity index is 1820. The van der Waals surface area contributed by atoms with Crippen molar-refractivity contribution in [3.63, 3.8) is 0 Å². The van der Waals surface area contributed by atoms with E-state index in [1.54, 1.807) is 12.1 Å². The van der Waals surface area contributed by atoms with Crippen LogP contribution >= 0.6 is 11.3 Å². The molecule has 0 aliphatic carbocycles. The Morgan fingerprint density at radius 3 is 2.12 bits per heavy atom. The van der Waals surface area contributed by atoms with Crippen LogP contribution in [0.3, 0.4) is 0 Å². The van der Waals surface area contributed by atoms with Crippen LogP contribution in [0.1, 0.15) is 16.7 Å². The summed E-state index contributed by atoms with van der Waals surface area (Å²) in [6.45, 7) is 0. The number of carbonyl (C=O) groups excluding carboxylic acids is 1. The first kappa shape index (κ1) is 29.8. The molecule has 1 amide bonds. The highest BCUT2D eigenvalue weighted by atomic mass is 32.1. The molecule has 2 heterocycles. The van der Waals surface area contributed by atoms with Crippen molar-refractivity contribution in [3.8, 4) is 23.0 Å². The number of nitrogens with zero attached hydrogens (tertiary/aromatic N) is 2. The molecular weight excluding hydrogens is 607 g/mol. The van der Waals surface area contributed by atoms with Crippen molar-refractivity contribution in [1.82, 2.24) is 9.97 Å². The number of halogens is 7. The standard InChI is InChI=1S/C28H18F7N3O4S/c1-40-22-9-16-18(11-23(22)41-2)36-4-3-20(16)42-21-12-24-19(10-17(21)29)37-26(43-24)38-25(39)7-13-5-14(27(30,31)32)8-15(6-13)28(33,34)35/h3-6,8-12H,7H2,1-2H3,(H,37,38,39). The molecule has 5 aromatic rings. The van der Waals surface area contributed by atoms with Crippen molar-refractivity contribution >= 4 is 43.5 Å². The first-order chi connectivity index (χ1) is 20.2. The molecule has 0 fully saturated rings. The number of ether oxygens (including phenoxy) is 3. The molecule has 0 bridgehead atoms. The number of fused-ring (bicyclic) bond motifs is 2. The zero-order valence-electron chi connectivity index (χ0n) is 22.0. The molecule has 7 nitrogen and oxygen atoms in total. The number of methoxy groups -OCH3 is 2. The van der Waals surface area contributed by atoms with E-state index in [-0.39, 0.29) is 28.2 Å². The van der Waals surface area contributed by atoms with Crippen LogP contribution in [0.2, 0.25) is 0 Å². The fourth-order valence-corrected chi connectivity index (χ4v) is 5.08. The summed E-state index contributed by atoms with van der Waals surface area (Å²) in [6, 6.07) is 8.09. The van der Waals surface area contributed by atoms with Crippen molar-refractivity contribution < 1.29 is 49.7 Å². The van der Waals surface area contributed by atoms with Crippen molar-refractivity contribution in [2.24, 2.45) is 0 Å². The second kappa shape index (κ2) is 11.2. The van der Waals surface area contributed by atoms with Crippen LogP contribution in [-0.2, 0) is 23.6 Å². The average molecular weight is 626 g/mol. The molecule has 0 saturated carbocycles. The van der Waals surface area contributed by atoms with Crippen molar-refractivity contribution in [3.05, 3.63) is 77.2 Å². The maximum Gasteiger partial charge on any atom is 0.416 e. The van der Waals surface area contributed by atoms with Crippen LogP contribution in [0.25, 0.3) is 21.1 Å². The number of carbonyl (C=O) groups is 1. The zero-order chi connectivity index (χ0) is 31.1. The number of nitrogens with one attached hydrogen (secondary N) is 1. The molecule has 15 heteroatoms. The van der Waals surface area contributed by atoms with Gasteiger partial charge in [-0.3, -0.25) is 9.78 Å². The molecule has 224 valence electrons. The summed E-state index contributed by atoms with van der Waals surface area (Å²) in [5.74, 6) is -0.811. The van der Waals surface area contributed by atoms with E-state index in [4.69, 9.17) is 14.2 Å². The molecule has 0 unspecified atom stereocenters. The lowest BCUT2D eigenvalue weighted by Gasteiger charge is -2.14. The van der Waals surface area contributed by atoms with E-state index in [1.165, 1.54) is 32.5 Å². The third-order valence-electron chi connectivity index (χ3n) is 6.13. The second-order valence-corrected chi connectivity index (χ2v) is 10.1. The Kier molecular flexibility index (Phi) is 7.77. The highest BCUT2D eigenvalue weighted by Crippen LogP contribution is 2.40. The van der Waals surface area contributed by atoms with Gasteiger partial charge in [-0.15, -0.1) is 0 Å². The Morgan fingerprint density at radius 2 is 1.49 bits per heavy atom. The third-order valence-corrected chi connectivity index (χ3v) is 7.06. The molecule has 0 aliphatic rings. The summed E-state index contributed by atoms with van der Waals surface area (Å²) in [5.41, 5.74) is -2.95. The Morgan fingerprint density at radius 1 is 0.837 bits per heavy atom. The van der Waals surface area contributed by atoms with E-state index in [0.717, 1.165) is 17.4 Å². The van der Waals surface area contributed by atoms with Gasteiger partial charge in [-0.1, -0.05) is 11.3 Å². The normalized spacial score (nSPS) is 12.0. The lowest BCUT2D eigenvalue weighted by atomic mass is 10.0. The zero-order valence-corrected chi connectivity index (χ0v) is 22.8. The number of amides is 1. The van der Waals surface area contributed by atoms with Gasteiger partial charge in [-0.05, 0) is 35.9 Å². The Hall–Kier alpha value is -4.66. The first-order valence-electron chi connectivity index (χ1n) is 12.1. The lowest BCUT2D eigenvalue weighted by molar-refractivity contribution is -0.143. The van der Waals surface area contributed by atoms with Gasteiger partial charge in [0.15, 0.2) is 28.2 Å². The van der Waals surface area contributed by atoms with Gasteiger partial charge < -0.3 is 19.5 Å². The molecule has 5 rings (SSSR count). The number of thiazole rings is 1. The van der Waals surface area contributed by atoms with Crippen molar-refractivity contribution in [2.75, 3.05) is 19.5 Å². The summed E-state index contributed by atoms with van der Waals surface area (Å²) >= 11 is 0.900. The number of aromatic nitrogens is 2. The van der Waals surface area contributed by atoms with E-state index in [2.05, 4.69) is 15.3 Å². The molecule has 0 atom stereocenters. The molecule has 0 spiro atoms. The summed E-state index contributed by atoms with van der Waals surface area (Å²) in [5, 5.41) is 2.79. The summed E-state index contributed by atoms with van der Waals surface area (Å²) in [6.07, 6.45) is -9.44. The minimum absolute atomic E-state index is 0.0226. The predicted octanol–water partition coefficient (Wildman–Crippen LogP) is 8.01. The minimum atomic E-state index is -5.05. The number of anilines is 1. The van der Waals surface area contributed by atoms with Crippen molar-refractivity contribution in [1.29, 1.82) is 0 Å². The minimum Gasteiger partial charge on any atom is -0.493 e. The smallest absolute Gasteiger partial charge is 0.416 e. The monoisotopic (exact) mass is 625 g/mol. The number of hydrogen-bond donors (Lipinski definition) is 1. The van der Waals surface area contributed by atoms with E-state index >= 15 is 4.39 Å². The fraction of sp³-hybridized carbons (Fsp3) is 0.179. The van der Waals surface area contributed by atoms with Gasteiger partial charge in [-0.25, -0.2) is 9.37 Å². The summed E-state index contributed by atoms with van der Waals surface area (Å²) in [4.78, 5) is 20.9. The van der Waals surface area contributed by atoms with E-state index < -0.39 is 47.2 Å². The van der Waals surface area contributed by atoms with Crippen LogP contribution in [0, 0.1) is 5.82 Å². The highest BCUT2D eigenvalue weighted by Gasteiger charge is 2.37. The Balaban J connectivity index is 1.39. The quantitative estimate of drug-likeness (QED) is 0.185. The summed E-state index contributed by atoms with van der Waals surface area (Å²) in [7, 11) is 2.92. The highest BCUT2D eigenvalue weighted by molar-refractivity contribution is 7.22. The predicted molar refractivity (Wildman–Crippen MR) is 143 cm³/mol. The van der Waals surface area contributed by atoms with Gasteiger partial charge >= 0.3 is 12.4 Å². The van der Waals surface area contributed by atoms with Crippen molar-refractivity contribution in [2.45, 2.75) is 18.8 Å². The van der Waals surface area contributed by atoms with Gasteiger partial charge in [0.2, 0.25) is 5.91 Å². The molecule has 43 heavy (non-hydrogen) atoms. The van der Waals surface area contributed by atoms with Gasteiger partial charge in [0.05, 0.1) is 47.5 Å². The largest absolute Gasteiger partial charge is 0.493 e. The van der Waals surface area contributed by atoms with E-state index in [0.29, 0.717) is 39.2 Å². The maximum absolute atomic E-state index is 15.0. The number of benzene rings is 3. The van der Waals surface area contributed by atoms with Crippen LogP contribution in [0.5, 0.6) is 23.0 Å². The Labute approximate surface area is 241 Å². The summed E-state index contributed by atoms with van der Waals surface area (Å²) < 4.78 is 111. The fourth-order valence-electron chi connectivity index (χ4n) is 4.19. The molecule has 0 aliphatic heterocycles. The average Bonchev–Trinajstić information content (AvgIpc) is 3.31. The number of pyridine rings is 1. The molecule has 1 N–H and O–H groups in total. The molecule has 2 aromatic heterocycles. The van der Waals surface area contributed by atoms with Gasteiger partial charge in [0, 0.05) is 29.8 Å². The van der Waals surface area contributed by atoms with E-state index in [9.17, 15) is 31.1 Å². The molecule has 0 saturated heterocycles. The molecular formula is C28H18F7N3O4S. The number of hydrogen-bond acceptors (Lipinski definition) is 7. The third kappa shape index (κ3) is 6.40. The SMILES string of the molecule is COc1cc2nccc(Oc3cc4sc(NC(=O)Cc5cc(C(F)(F)F)cc(C(F)(F)F)c5)nc4cc3F)c2cc1OC. The van der Waals surface area contributed by atoms with Crippen LogP contribution in [0.4, 0.5) is 35.9 Å². The lowest BCUT2D eigenvalue weighted by Crippen LogP contribution is -2.17. The second-order valence-electron chi connectivity index (χ2n) is 9.04. The van der Waals surface area contributed by atoms with Gasteiger partial charge in [0.25, 0.3) is 0 Å². The van der Waals surface area contributed by atoms with E-state index in [1.807, 2.05) is 0 Å². The van der Waals surface area contributed by atoms with Crippen LogP contribution in [0.15, 0.2) is 54.7 Å². The molecule has 3 aromatic carbocycles. The van der Waals surface area contributed by atoms with Crippen LogP contribution in [-0.4, -0.2) is 30.1 Å². The maximum atomic E-state index is 15.0. The first-order valence-corrected chi connectivity index (χ1v) is 12.9. The van der Waals surface area contributed by atoms with Gasteiger partial charge in [0.1, 0.15) is 5.75 Å². The topological polar surface area (TPSA) is 82.6 Å². The number of rotatable bonds is 7. The van der Waals surface area contributed by atoms with Crippen LogP contribution < -0.4 is 19.5 Å². The van der Waals surface area contributed by atoms with Gasteiger partial charge in [-0.2, -0.15) is 26.3 Å². The number of alkyl halides is 6. The molecule has 0 radical (unpaired) electrons.